The molecule has 3 rings (SSSR count). The van der Waals surface area contributed by atoms with E-state index in [1.54, 1.807) is 19.2 Å². The average Bonchev–Trinajstić information content (AvgIpc) is 3.04. The fraction of sp³-hybridized carbons (Fsp3) is 0.263. The molecule has 5 nitrogen and oxygen atoms in total. The lowest BCUT2D eigenvalue weighted by molar-refractivity contribution is 0.0672. The second-order valence-corrected chi connectivity index (χ2v) is 6.16. The molecule has 6 heteroatoms. The lowest BCUT2D eigenvalue weighted by Crippen LogP contribution is -2.37. The SMILES string of the molecule is Cc1ccc(C2=NOC(CN(C)C(=O)Nc3cccc(F)c3)C2)cc1. The number of nitrogens with one attached hydrogen (secondary N) is 1. The van der Waals surface area contributed by atoms with Gasteiger partial charge in [-0.25, -0.2) is 9.18 Å². The van der Waals surface area contributed by atoms with Crippen molar-refractivity contribution in [2.24, 2.45) is 5.16 Å². The van der Waals surface area contributed by atoms with Gasteiger partial charge in [0.2, 0.25) is 0 Å². The van der Waals surface area contributed by atoms with Crippen LogP contribution in [0.25, 0.3) is 0 Å². The molecule has 0 fully saturated rings. The van der Waals surface area contributed by atoms with E-state index in [1.807, 2.05) is 31.2 Å². The highest BCUT2D eigenvalue weighted by atomic mass is 19.1. The van der Waals surface area contributed by atoms with Gasteiger partial charge in [-0.05, 0) is 30.7 Å². The van der Waals surface area contributed by atoms with Crippen LogP contribution in [0.3, 0.4) is 0 Å². The van der Waals surface area contributed by atoms with E-state index < -0.39 is 5.82 Å². The van der Waals surface area contributed by atoms with Crippen LogP contribution >= 0.6 is 0 Å². The number of oxime groups is 1. The number of nitrogens with zero attached hydrogens (tertiary/aromatic N) is 2. The molecule has 0 saturated carbocycles. The van der Waals surface area contributed by atoms with E-state index in [-0.39, 0.29) is 12.1 Å². The van der Waals surface area contributed by atoms with Crippen molar-refractivity contribution in [3.63, 3.8) is 0 Å². The molecule has 0 saturated heterocycles. The Kier molecular flexibility index (Phi) is 4.97. The van der Waals surface area contributed by atoms with Crippen molar-refractivity contribution in [1.82, 2.24) is 4.90 Å². The quantitative estimate of drug-likeness (QED) is 0.920. The van der Waals surface area contributed by atoms with Gasteiger partial charge in [-0.2, -0.15) is 0 Å². The van der Waals surface area contributed by atoms with Gasteiger partial charge in [0.1, 0.15) is 5.82 Å². The summed E-state index contributed by atoms with van der Waals surface area (Å²) in [6, 6.07) is 13.6. The summed E-state index contributed by atoms with van der Waals surface area (Å²) in [6.45, 7) is 2.42. The van der Waals surface area contributed by atoms with Crippen LogP contribution in [-0.4, -0.2) is 36.3 Å². The van der Waals surface area contributed by atoms with Crippen molar-refractivity contribution in [2.45, 2.75) is 19.4 Å². The van der Waals surface area contributed by atoms with Gasteiger partial charge >= 0.3 is 6.03 Å². The van der Waals surface area contributed by atoms with Gasteiger partial charge in [0, 0.05) is 19.2 Å². The average molecular weight is 341 g/mol. The normalized spacial score (nSPS) is 16.1. The molecule has 1 aliphatic rings. The third kappa shape index (κ3) is 4.35. The zero-order chi connectivity index (χ0) is 17.8. The van der Waals surface area contributed by atoms with Crippen LogP contribution in [0, 0.1) is 12.7 Å². The molecule has 0 bridgehead atoms. The molecule has 2 amide bonds. The summed E-state index contributed by atoms with van der Waals surface area (Å²) in [6.07, 6.45) is 0.445. The molecule has 0 aromatic heterocycles. The van der Waals surface area contributed by atoms with Crippen LogP contribution in [-0.2, 0) is 4.84 Å². The van der Waals surface area contributed by atoms with E-state index in [1.165, 1.54) is 22.6 Å². The summed E-state index contributed by atoms with van der Waals surface area (Å²) in [5.74, 6) is -0.393. The fourth-order valence-corrected chi connectivity index (χ4v) is 2.62. The van der Waals surface area contributed by atoms with E-state index in [2.05, 4.69) is 10.5 Å². The van der Waals surface area contributed by atoms with Gasteiger partial charge in [-0.1, -0.05) is 41.1 Å². The number of anilines is 1. The molecule has 2 aromatic carbocycles. The van der Waals surface area contributed by atoms with E-state index in [0.29, 0.717) is 18.7 Å². The third-order valence-electron chi connectivity index (χ3n) is 4.02. The highest BCUT2D eigenvalue weighted by Crippen LogP contribution is 2.18. The zero-order valence-corrected chi connectivity index (χ0v) is 14.2. The molecule has 2 aromatic rings. The predicted octanol–water partition coefficient (Wildman–Crippen LogP) is 3.79. The summed E-state index contributed by atoms with van der Waals surface area (Å²) in [4.78, 5) is 19.1. The Balaban J connectivity index is 1.53. The number of carbonyl (C=O) groups excluding carboxylic acids is 1. The predicted molar refractivity (Wildman–Crippen MR) is 95.3 cm³/mol. The largest absolute Gasteiger partial charge is 0.390 e. The Hall–Kier alpha value is -2.89. The van der Waals surface area contributed by atoms with E-state index >= 15 is 0 Å². The van der Waals surface area contributed by atoms with Gasteiger partial charge in [0.25, 0.3) is 0 Å². The molecule has 1 atom stereocenters. The van der Waals surface area contributed by atoms with E-state index in [4.69, 9.17) is 4.84 Å². The monoisotopic (exact) mass is 341 g/mol. The molecule has 25 heavy (non-hydrogen) atoms. The third-order valence-corrected chi connectivity index (χ3v) is 4.02. The summed E-state index contributed by atoms with van der Waals surface area (Å²) < 4.78 is 13.2. The minimum atomic E-state index is -0.393. The first kappa shape index (κ1) is 17.0. The van der Waals surface area contributed by atoms with Crippen LogP contribution in [0.4, 0.5) is 14.9 Å². The number of amides is 2. The highest BCUT2D eigenvalue weighted by Gasteiger charge is 2.25. The smallest absolute Gasteiger partial charge is 0.321 e. The minimum absolute atomic E-state index is 0.195. The van der Waals surface area contributed by atoms with Gasteiger partial charge in [0.15, 0.2) is 6.10 Å². The second-order valence-electron chi connectivity index (χ2n) is 6.16. The van der Waals surface area contributed by atoms with Gasteiger partial charge in [-0.3, -0.25) is 0 Å². The van der Waals surface area contributed by atoms with Gasteiger partial charge < -0.3 is 15.1 Å². The van der Waals surface area contributed by atoms with Gasteiger partial charge in [0.05, 0.1) is 12.3 Å². The van der Waals surface area contributed by atoms with Crippen LogP contribution in [0.1, 0.15) is 17.5 Å². The Morgan fingerprint density at radius 1 is 1.32 bits per heavy atom. The molecule has 1 aliphatic heterocycles. The Morgan fingerprint density at radius 2 is 2.08 bits per heavy atom. The molecular formula is C19H20FN3O2. The van der Waals surface area contributed by atoms with Crippen molar-refractivity contribution in [3.8, 4) is 0 Å². The van der Waals surface area contributed by atoms with Crippen molar-refractivity contribution >= 4 is 17.4 Å². The number of hydrogen-bond acceptors (Lipinski definition) is 3. The first-order chi connectivity index (χ1) is 12.0. The van der Waals surface area contributed by atoms with E-state index in [0.717, 1.165) is 11.3 Å². The summed E-state index contributed by atoms with van der Waals surface area (Å²) in [7, 11) is 1.67. The van der Waals surface area contributed by atoms with Crippen LogP contribution < -0.4 is 5.32 Å². The first-order valence-corrected chi connectivity index (χ1v) is 8.08. The Morgan fingerprint density at radius 3 is 2.80 bits per heavy atom. The summed E-state index contributed by atoms with van der Waals surface area (Å²) in [5.41, 5.74) is 3.51. The topological polar surface area (TPSA) is 53.9 Å². The van der Waals surface area contributed by atoms with Crippen molar-refractivity contribution in [3.05, 3.63) is 65.5 Å². The summed E-state index contributed by atoms with van der Waals surface area (Å²) >= 11 is 0. The highest BCUT2D eigenvalue weighted by molar-refractivity contribution is 6.01. The molecule has 1 heterocycles. The van der Waals surface area contributed by atoms with Crippen LogP contribution in [0.15, 0.2) is 53.7 Å². The number of likely N-dealkylation sites (N-methyl/N-ethyl adjacent to an activating group) is 1. The lowest BCUT2D eigenvalue weighted by Gasteiger charge is -2.20. The standard InChI is InChI=1S/C19H20FN3O2/c1-13-6-8-14(9-7-13)18-11-17(25-22-18)12-23(2)19(24)21-16-5-3-4-15(20)10-16/h3-10,17H,11-12H2,1-2H3,(H,21,24). The number of halogens is 1. The maximum absolute atomic E-state index is 13.2. The molecule has 0 aliphatic carbocycles. The van der Waals surface area contributed by atoms with Crippen molar-refractivity contribution < 1.29 is 14.0 Å². The number of urea groups is 1. The van der Waals surface area contributed by atoms with Gasteiger partial charge in [-0.15, -0.1) is 0 Å². The van der Waals surface area contributed by atoms with Crippen molar-refractivity contribution in [1.29, 1.82) is 0 Å². The molecule has 0 radical (unpaired) electrons. The maximum Gasteiger partial charge on any atom is 0.321 e. The molecule has 0 spiro atoms. The first-order valence-electron chi connectivity index (χ1n) is 8.08. The molecule has 1 N–H and O–H groups in total. The Bertz CT molecular complexity index is 790. The summed E-state index contributed by atoms with van der Waals surface area (Å²) in [5, 5.41) is 6.79. The van der Waals surface area contributed by atoms with Crippen LogP contribution in [0.2, 0.25) is 0 Å². The number of carbonyl (C=O) groups is 1. The fourth-order valence-electron chi connectivity index (χ4n) is 2.62. The van der Waals surface area contributed by atoms with Crippen molar-refractivity contribution in [2.75, 3.05) is 18.9 Å². The van der Waals surface area contributed by atoms with E-state index in [9.17, 15) is 9.18 Å². The Labute approximate surface area is 146 Å². The molecular weight excluding hydrogens is 321 g/mol. The number of rotatable bonds is 4. The maximum atomic E-state index is 13.2. The number of benzene rings is 2. The minimum Gasteiger partial charge on any atom is -0.390 e. The number of hydrogen-bond donors (Lipinski definition) is 1. The number of aryl methyl sites for hydroxylation is 1. The second kappa shape index (κ2) is 7.34. The molecule has 1 unspecified atom stereocenters. The lowest BCUT2D eigenvalue weighted by atomic mass is 10.0. The van der Waals surface area contributed by atoms with Crippen LogP contribution in [0.5, 0.6) is 0 Å². The molecule has 130 valence electrons. The zero-order valence-electron chi connectivity index (χ0n) is 14.2.